The molecule has 0 aromatic rings. The van der Waals surface area contributed by atoms with E-state index >= 15 is 0 Å². The number of aliphatic imine (C=N–C) groups is 1. The van der Waals surface area contributed by atoms with E-state index in [0.29, 0.717) is 38.5 Å². The molecule has 172 valence electrons. The number of carbonyl (C=O) groups excluding carboxylic acids is 3. The van der Waals surface area contributed by atoms with Gasteiger partial charge in [0.2, 0.25) is 18.2 Å². The van der Waals surface area contributed by atoms with Crippen LogP contribution in [0.5, 0.6) is 0 Å². The number of amides is 3. The fourth-order valence-corrected chi connectivity index (χ4v) is 6.39. The van der Waals surface area contributed by atoms with E-state index < -0.39 is 0 Å². The third-order valence-corrected chi connectivity index (χ3v) is 8.17. The minimum absolute atomic E-state index is 0.0486. The lowest BCUT2D eigenvalue weighted by atomic mass is 9.91. The van der Waals surface area contributed by atoms with Crippen LogP contribution in [0.1, 0.15) is 44.9 Å². The number of nitrogens with one attached hydrogen (secondary N) is 1. The van der Waals surface area contributed by atoms with E-state index in [1.54, 1.807) is 11.8 Å². The van der Waals surface area contributed by atoms with E-state index in [1.807, 2.05) is 9.80 Å². The van der Waals surface area contributed by atoms with E-state index in [2.05, 4.69) is 15.2 Å². The van der Waals surface area contributed by atoms with Crippen molar-refractivity contribution in [1.82, 2.24) is 20.0 Å². The van der Waals surface area contributed by atoms with Crippen LogP contribution in [0, 0.1) is 11.8 Å². The average Bonchev–Trinajstić information content (AvgIpc) is 3.58. The molecule has 0 spiro atoms. The molecule has 2 atom stereocenters. The summed E-state index contributed by atoms with van der Waals surface area (Å²) in [6, 6.07) is -0.348. The Morgan fingerprint density at radius 2 is 1.87 bits per heavy atom. The maximum atomic E-state index is 13.4. The number of thioether (sulfide) groups is 1. The number of piperazine rings is 1. The summed E-state index contributed by atoms with van der Waals surface area (Å²) < 4.78 is 0. The molecule has 0 radical (unpaired) electrons. The number of amidine groups is 1. The molecule has 0 unspecified atom stereocenters. The van der Waals surface area contributed by atoms with E-state index in [0.717, 1.165) is 49.8 Å². The van der Waals surface area contributed by atoms with Gasteiger partial charge in [-0.25, -0.2) is 0 Å². The summed E-state index contributed by atoms with van der Waals surface area (Å²) in [4.78, 5) is 48.2. The average molecular weight is 450 g/mol. The highest BCUT2D eigenvalue weighted by molar-refractivity contribution is 8.14. The maximum Gasteiger partial charge on any atom is 0.245 e. The monoisotopic (exact) mass is 449 g/mol. The van der Waals surface area contributed by atoms with Crippen molar-refractivity contribution >= 4 is 35.2 Å². The first-order chi connectivity index (χ1) is 15.2. The summed E-state index contributed by atoms with van der Waals surface area (Å²) in [7, 11) is 0. The molecule has 3 fully saturated rings. The molecular weight excluding hydrogens is 414 g/mol. The molecule has 0 aromatic heterocycles. The fraction of sp³-hybridized carbons (Fsp3) is 0.818. The minimum Gasteiger partial charge on any atom is -0.358 e. The highest BCUT2D eigenvalue weighted by Crippen LogP contribution is 2.32. The van der Waals surface area contributed by atoms with Gasteiger partial charge in [0, 0.05) is 45.0 Å². The zero-order chi connectivity index (χ0) is 21.6. The van der Waals surface area contributed by atoms with Gasteiger partial charge in [0.1, 0.15) is 6.04 Å². The third kappa shape index (κ3) is 5.35. The molecule has 31 heavy (non-hydrogen) atoms. The molecule has 4 aliphatic rings. The zero-order valence-electron chi connectivity index (χ0n) is 18.3. The summed E-state index contributed by atoms with van der Waals surface area (Å²) >= 11 is 1.80. The molecule has 1 N–H and O–H groups in total. The van der Waals surface area contributed by atoms with Gasteiger partial charge in [-0.1, -0.05) is 37.4 Å². The first-order valence-electron chi connectivity index (χ1n) is 11.9. The Bertz CT molecular complexity index is 689. The van der Waals surface area contributed by atoms with Crippen LogP contribution in [0.15, 0.2) is 4.99 Å². The van der Waals surface area contributed by atoms with Gasteiger partial charge in [-0.3, -0.25) is 19.4 Å². The first kappa shape index (κ1) is 22.4. The second-order valence-electron chi connectivity index (χ2n) is 9.12. The Labute approximate surface area is 189 Å². The molecule has 0 aromatic carbocycles. The smallest absolute Gasteiger partial charge is 0.245 e. The van der Waals surface area contributed by atoms with Crippen molar-refractivity contribution < 1.29 is 14.4 Å². The van der Waals surface area contributed by atoms with Crippen LogP contribution >= 0.6 is 11.8 Å². The quantitative estimate of drug-likeness (QED) is 0.590. The third-order valence-electron chi connectivity index (χ3n) is 7.14. The zero-order valence-corrected chi connectivity index (χ0v) is 19.2. The van der Waals surface area contributed by atoms with Crippen LogP contribution in [0.4, 0.5) is 0 Å². The summed E-state index contributed by atoms with van der Waals surface area (Å²) in [6.07, 6.45) is 7.89. The second-order valence-corrected chi connectivity index (χ2v) is 10.2. The standard InChI is InChI=1S/C22H35N5O3S/c28-16-23-15-18(14-17-4-1-2-5-17)20(29)27-8-3-6-19(27)21(30)25-9-11-26(12-10-25)22-24-7-13-31-22/h16-19H,1-15H2,(H,23,28)/t18-,19+/m1/s1. The van der Waals surface area contributed by atoms with Gasteiger partial charge in [-0.05, 0) is 25.2 Å². The van der Waals surface area contributed by atoms with Gasteiger partial charge in [-0.15, -0.1) is 0 Å². The van der Waals surface area contributed by atoms with Gasteiger partial charge in [0.25, 0.3) is 0 Å². The Morgan fingerprint density at radius 1 is 1.10 bits per heavy atom. The van der Waals surface area contributed by atoms with Crippen LogP contribution in [0.2, 0.25) is 0 Å². The predicted octanol–water partition coefficient (Wildman–Crippen LogP) is 1.17. The Morgan fingerprint density at radius 3 is 2.55 bits per heavy atom. The van der Waals surface area contributed by atoms with Gasteiger partial charge >= 0.3 is 0 Å². The number of rotatable bonds is 7. The lowest BCUT2D eigenvalue weighted by Gasteiger charge is -2.38. The molecule has 3 aliphatic heterocycles. The number of hydrogen-bond donors (Lipinski definition) is 1. The van der Waals surface area contributed by atoms with Crippen LogP contribution in [-0.4, -0.2) is 95.7 Å². The molecule has 3 amide bonds. The number of hydrogen-bond acceptors (Lipinski definition) is 6. The molecule has 3 heterocycles. The Hall–Kier alpha value is -1.77. The molecule has 1 aliphatic carbocycles. The lowest BCUT2D eigenvalue weighted by molar-refractivity contribution is -0.147. The van der Waals surface area contributed by atoms with Crippen LogP contribution < -0.4 is 5.32 Å². The highest BCUT2D eigenvalue weighted by Gasteiger charge is 2.40. The Balaban J connectivity index is 1.35. The minimum atomic E-state index is -0.348. The Kier molecular flexibility index (Phi) is 7.74. The fourth-order valence-electron chi connectivity index (χ4n) is 5.48. The molecule has 2 saturated heterocycles. The highest BCUT2D eigenvalue weighted by atomic mass is 32.2. The van der Waals surface area contributed by atoms with Crippen molar-refractivity contribution in [2.24, 2.45) is 16.8 Å². The van der Waals surface area contributed by atoms with Crippen molar-refractivity contribution in [2.45, 2.75) is 51.0 Å². The van der Waals surface area contributed by atoms with Gasteiger partial charge < -0.3 is 20.0 Å². The molecule has 1 saturated carbocycles. The summed E-state index contributed by atoms with van der Waals surface area (Å²) in [5, 5.41) is 3.84. The van der Waals surface area contributed by atoms with Crippen molar-refractivity contribution in [2.75, 3.05) is 51.6 Å². The van der Waals surface area contributed by atoms with Crippen LogP contribution in [0.3, 0.4) is 0 Å². The van der Waals surface area contributed by atoms with E-state index in [-0.39, 0.29) is 23.8 Å². The molecule has 0 bridgehead atoms. The van der Waals surface area contributed by atoms with Crippen molar-refractivity contribution in [3.05, 3.63) is 0 Å². The van der Waals surface area contributed by atoms with E-state index in [1.165, 1.54) is 25.7 Å². The van der Waals surface area contributed by atoms with Gasteiger partial charge in [-0.2, -0.15) is 0 Å². The normalized spacial score (nSPS) is 25.6. The van der Waals surface area contributed by atoms with E-state index in [9.17, 15) is 14.4 Å². The van der Waals surface area contributed by atoms with Crippen molar-refractivity contribution in [3.63, 3.8) is 0 Å². The number of nitrogens with zero attached hydrogens (tertiary/aromatic N) is 4. The number of carbonyl (C=O) groups is 3. The largest absolute Gasteiger partial charge is 0.358 e. The summed E-state index contributed by atoms with van der Waals surface area (Å²) in [5.41, 5.74) is 0. The SMILES string of the molecule is O=CNC[C@@H](CC1CCCC1)C(=O)N1CCC[C@H]1C(=O)N1CCN(C2=NCCS2)CC1. The summed E-state index contributed by atoms with van der Waals surface area (Å²) in [5.74, 6) is 1.52. The summed E-state index contributed by atoms with van der Waals surface area (Å²) in [6.45, 7) is 4.90. The molecule has 8 nitrogen and oxygen atoms in total. The van der Waals surface area contributed by atoms with E-state index in [4.69, 9.17) is 0 Å². The second kappa shape index (κ2) is 10.7. The topological polar surface area (TPSA) is 85.3 Å². The maximum absolute atomic E-state index is 13.4. The molecule has 9 heteroatoms. The molecule has 4 rings (SSSR count). The molecular formula is C22H35N5O3S. The first-order valence-corrected chi connectivity index (χ1v) is 12.8. The van der Waals surface area contributed by atoms with Gasteiger partial charge in [0.15, 0.2) is 5.17 Å². The van der Waals surface area contributed by atoms with Crippen molar-refractivity contribution in [3.8, 4) is 0 Å². The predicted molar refractivity (Wildman–Crippen MR) is 122 cm³/mol. The van der Waals surface area contributed by atoms with Gasteiger partial charge in [0.05, 0.1) is 12.5 Å². The number of likely N-dealkylation sites (tertiary alicyclic amines) is 1. The lowest BCUT2D eigenvalue weighted by Crippen LogP contribution is -2.55. The van der Waals surface area contributed by atoms with Crippen LogP contribution in [0.25, 0.3) is 0 Å². The van der Waals surface area contributed by atoms with Crippen molar-refractivity contribution in [1.29, 1.82) is 0 Å². The van der Waals surface area contributed by atoms with Crippen LogP contribution in [-0.2, 0) is 14.4 Å².